The number of hydrogen-bond donors (Lipinski definition) is 4. The summed E-state index contributed by atoms with van der Waals surface area (Å²) < 4.78 is 0. The van der Waals surface area contributed by atoms with Gasteiger partial charge in [0.1, 0.15) is 5.84 Å². The van der Waals surface area contributed by atoms with Gasteiger partial charge in [-0.25, -0.2) is 9.59 Å². The predicted molar refractivity (Wildman–Crippen MR) is 105 cm³/mol. The molecule has 4 N–H and O–H groups in total. The van der Waals surface area contributed by atoms with Crippen molar-refractivity contribution in [1.82, 2.24) is 10.3 Å². The molecule has 0 bridgehead atoms. The van der Waals surface area contributed by atoms with Crippen LogP contribution in [0.25, 0.3) is 0 Å². The van der Waals surface area contributed by atoms with Crippen LogP contribution in [-0.4, -0.2) is 46.1 Å². The third-order valence-electron chi connectivity index (χ3n) is 3.69. The zero-order valence-corrected chi connectivity index (χ0v) is 15.4. The number of amidine groups is 1. The highest BCUT2D eigenvalue weighted by Gasteiger charge is 2.22. The molecule has 146 valence electrons. The summed E-state index contributed by atoms with van der Waals surface area (Å²) in [6.07, 6.45) is 2.86. The molecule has 1 aliphatic rings. The van der Waals surface area contributed by atoms with Crippen LogP contribution in [0.4, 0.5) is 0 Å². The molecule has 0 saturated heterocycles. The molecule has 1 atom stereocenters. The molecule has 0 spiro atoms. The molecule has 1 aromatic carbocycles. The molecule has 0 amide bonds. The standard InChI is InChI=1S/C15H14ClN3O.C4H4O4/c16-12-4-1-10(2-5-12)14(15-17-7-8-18-15)11-3-6-13(20)19-9-11;5-3(6)1-2-4(7)8/h1-6,9,14H,7-8H2,(H,17,18)(H,19,20);1-2H,(H,5,6)(H,7,8)/b;2-1+. The molecule has 3 rings (SSSR count). The quantitative estimate of drug-likeness (QED) is 0.563. The fourth-order valence-corrected chi connectivity index (χ4v) is 2.64. The fraction of sp³-hybridized carbons (Fsp3) is 0.158. The van der Waals surface area contributed by atoms with Crippen LogP contribution in [-0.2, 0) is 9.59 Å². The number of halogens is 1. The van der Waals surface area contributed by atoms with Gasteiger partial charge in [-0.3, -0.25) is 9.79 Å². The number of nitrogens with zero attached hydrogens (tertiary/aromatic N) is 1. The molecular formula is C19H18ClN3O5. The molecule has 1 aromatic heterocycles. The van der Waals surface area contributed by atoms with E-state index in [9.17, 15) is 14.4 Å². The average molecular weight is 404 g/mol. The molecule has 2 aromatic rings. The van der Waals surface area contributed by atoms with Gasteiger partial charge in [-0.15, -0.1) is 0 Å². The second kappa shape index (κ2) is 10.1. The van der Waals surface area contributed by atoms with Gasteiger partial charge < -0.3 is 20.5 Å². The van der Waals surface area contributed by atoms with Crippen molar-refractivity contribution in [2.24, 2.45) is 4.99 Å². The molecular weight excluding hydrogens is 386 g/mol. The number of pyridine rings is 1. The van der Waals surface area contributed by atoms with Crippen LogP contribution in [0.3, 0.4) is 0 Å². The first-order chi connectivity index (χ1) is 13.4. The number of carbonyl (C=O) groups is 2. The molecule has 28 heavy (non-hydrogen) atoms. The maximum atomic E-state index is 11.2. The van der Waals surface area contributed by atoms with E-state index in [1.165, 1.54) is 6.07 Å². The molecule has 0 aliphatic carbocycles. The van der Waals surface area contributed by atoms with Crippen LogP contribution in [0.5, 0.6) is 0 Å². The zero-order valence-electron chi connectivity index (χ0n) is 14.6. The summed E-state index contributed by atoms with van der Waals surface area (Å²) in [4.78, 5) is 37.6. The summed E-state index contributed by atoms with van der Waals surface area (Å²) >= 11 is 5.95. The fourth-order valence-electron chi connectivity index (χ4n) is 2.52. The third kappa shape index (κ3) is 6.40. The van der Waals surface area contributed by atoms with Crippen molar-refractivity contribution in [3.63, 3.8) is 0 Å². The van der Waals surface area contributed by atoms with E-state index in [-0.39, 0.29) is 11.5 Å². The van der Waals surface area contributed by atoms with Crippen LogP contribution in [0.2, 0.25) is 5.02 Å². The van der Waals surface area contributed by atoms with E-state index in [2.05, 4.69) is 15.3 Å². The molecule has 0 radical (unpaired) electrons. The molecule has 9 heteroatoms. The van der Waals surface area contributed by atoms with Crippen molar-refractivity contribution >= 4 is 29.4 Å². The van der Waals surface area contributed by atoms with E-state index in [1.807, 2.05) is 30.3 Å². The highest BCUT2D eigenvalue weighted by molar-refractivity contribution is 6.30. The lowest BCUT2D eigenvalue weighted by Crippen LogP contribution is -2.27. The summed E-state index contributed by atoms with van der Waals surface area (Å²) in [6.45, 7) is 1.63. The Hall–Kier alpha value is -3.39. The third-order valence-corrected chi connectivity index (χ3v) is 3.94. The Morgan fingerprint density at radius 1 is 1.04 bits per heavy atom. The van der Waals surface area contributed by atoms with E-state index in [0.29, 0.717) is 17.2 Å². The Morgan fingerprint density at radius 3 is 2.11 bits per heavy atom. The van der Waals surface area contributed by atoms with Gasteiger partial charge >= 0.3 is 11.9 Å². The Labute approximate surface area is 165 Å². The molecule has 2 heterocycles. The molecule has 0 saturated carbocycles. The number of benzene rings is 1. The van der Waals surface area contributed by atoms with Gasteiger partial charge in [0.05, 0.1) is 12.5 Å². The number of aromatic nitrogens is 1. The Balaban J connectivity index is 0.000000300. The number of H-pyrrole nitrogens is 1. The summed E-state index contributed by atoms with van der Waals surface area (Å²) in [7, 11) is 0. The maximum absolute atomic E-state index is 11.2. The number of aliphatic imine (C=N–C) groups is 1. The van der Waals surface area contributed by atoms with Crippen molar-refractivity contribution in [3.8, 4) is 0 Å². The summed E-state index contributed by atoms with van der Waals surface area (Å²) in [5.74, 6) is -1.59. The Kier molecular flexibility index (Phi) is 7.53. The van der Waals surface area contributed by atoms with E-state index < -0.39 is 11.9 Å². The van der Waals surface area contributed by atoms with Crippen LogP contribution in [0.15, 0.2) is 64.5 Å². The van der Waals surface area contributed by atoms with Gasteiger partial charge in [0, 0.05) is 36.0 Å². The smallest absolute Gasteiger partial charge is 0.328 e. The first kappa shape index (κ1) is 20.9. The van der Waals surface area contributed by atoms with Gasteiger partial charge in [0.2, 0.25) is 5.56 Å². The van der Waals surface area contributed by atoms with E-state index in [4.69, 9.17) is 21.8 Å². The molecule has 0 fully saturated rings. The minimum absolute atomic E-state index is 0.00776. The van der Waals surface area contributed by atoms with Crippen molar-refractivity contribution in [1.29, 1.82) is 0 Å². The van der Waals surface area contributed by atoms with Crippen LogP contribution in [0.1, 0.15) is 17.0 Å². The largest absolute Gasteiger partial charge is 0.478 e. The Bertz CT molecular complexity index is 914. The van der Waals surface area contributed by atoms with Crippen molar-refractivity contribution in [3.05, 3.63) is 81.3 Å². The summed E-state index contributed by atoms with van der Waals surface area (Å²) in [6, 6.07) is 11.1. The van der Waals surface area contributed by atoms with Crippen LogP contribution < -0.4 is 10.9 Å². The SMILES string of the molecule is O=C(O)/C=C/C(=O)O.O=c1ccc(C(C2=NCCN2)c2ccc(Cl)cc2)c[nH]1. The lowest BCUT2D eigenvalue weighted by Gasteiger charge is -2.18. The van der Waals surface area contributed by atoms with E-state index >= 15 is 0 Å². The van der Waals surface area contributed by atoms with Gasteiger partial charge in [-0.05, 0) is 23.3 Å². The van der Waals surface area contributed by atoms with Crippen molar-refractivity contribution in [2.45, 2.75) is 5.92 Å². The van der Waals surface area contributed by atoms with Gasteiger partial charge in [0.25, 0.3) is 0 Å². The van der Waals surface area contributed by atoms with Gasteiger partial charge in [-0.1, -0.05) is 29.8 Å². The normalized spacial score (nSPS) is 13.8. The lowest BCUT2D eigenvalue weighted by atomic mass is 9.91. The van der Waals surface area contributed by atoms with Crippen LogP contribution in [0, 0.1) is 0 Å². The number of carboxylic acid groups (broad SMARTS) is 2. The highest BCUT2D eigenvalue weighted by atomic mass is 35.5. The number of aliphatic carboxylic acids is 2. The molecule has 8 nitrogen and oxygen atoms in total. The average Bonchev–Trinajstić information content (AvgIpc) is 3.18. The predicted octanol–water partition coefficient (Wildman–Crippen LogP) is 1.87. The summed E-state index contributed by atoms with van der Waals surface area (Å²) in [5, 5.41) is 19.6. The number of rotatable bonds is 5. The van der Waals surface area contributed by atoms with E-state index in [1.54, 1.807) is 6.20 Å². The van der Waals surface area contributed by atoms with Crippen molar-refractivity contribution in [2.75, 3.05) is 13.1 Å². The highest BCUT2D eigenvalue weighted by Crippen LogP contribution is 2.26. The number of carboxylic acids is 2. The van der Waals surface area contributed by atoms with E-state index in [0.717, 1.165) is 30.1 Å². The minimum Gasteiger partial charge on any atom is -0.478 e. The summed E-state index contributed by atoms with van der Waals surface area (Å²) in [5.41, 5.74) is 1.99. The van der Waals surface area contributed by atoms with Crippen molar-refractivity contribution < 1.29 is 19.8 Å². The first-order valence-corrected chi connectivity index (χ1v) is 8.61. The minimum atomic E-state index is -1.26. The maximum Gasteiger partial charge on any atom is 0.328 e. The second-order valence-corrected chi connectivity index (χ2v) is 6.11. The lowest BCUT2D eigenvalue weighted by molar-refractivity contribution is -0.134. The Morgan fingerprint density at radius 2 is 1.64 bits per heavy atom. The molecule has 1 aliphatic heterocycles. The van der Waals surface area contributed by atoms with Crippen LogP contribution >= 0.6 is 11.6 Å². The number of hydrogen-bond acceptors (Lipinski definition) is 5. The monoisotopic (exact) mass is 403 g/mol. The number of nitrogens with one attached hydrogen (secondary N) is 2. The molecule has 1 unspecified atom stereocenters. The number of aromatic amines is 1. The second-order valence-electron chi connectivity index (χ2n) is 5.67. The topological polar surface area (TPSA) is 132 Å². The van der Waals surface area contributed by atoms with Gasteiger partial charge in [0.15, 0.2) is 0 Å². The van der Waals surface area contributed by atoms with Gasteiger partial charge in [-0.2, -0.15) is 0 Å². The zero-order chi connectivity index (χ0) is 20.5. The first-order valence-electron chi connectivity index (χ1n) is 8.23.